The SMILES string of the molecule is Cn1nnn(-c2cc(Nc3ncc(C#N)c(NCC[C@@H]4CCCN4C(C)(C)C)n3)c(F)cc2C2CC2)c1=O. The van der Waals surface area contributed by atoms with E-state index in [4.69, 9.17) is 0 Å². The number of nitrogens with zero attached hydrogens (tertiary/aromatic N) is 8. The van der Waals surface area contributed by atoms with E-state index >= 15 is 4.39 Å². The molecule has 1 aliphatic carbocycles. The molecule has 2 aliphatic rings. The van der Waals surface area contributed by atoms with Crippen LogP contribution in [0.1, 0.15) is 69.9 Å². The zero-order valence-electron chi connectivity index (χ0n) is 22.2. The molecule has 5 rings (SSSR count). The van der Waals surface area contributed by atoms with Gasteiger partial charge in [-0.1, -0.05) is 0 Å². The number of rotatable bonds is 8. The number of anilines is 3. The van der Waals surface area contributed by atoms with Gasteiger partial charge in [0.05, 0.1) is 17.6 Å². The third kappa shape index (κ3) is 5.24. The van der Waals surface area contributed by atoms with Crippen molar-refractivity contribution < 1.29 is 4.39 Å². The summed E-state index contributed by atoms with van der Waals surface area (Å²) in [5.74, 6) is 0.224. The summed E-state index contributed by atoms with van der Waals surface area (Å²) in [5.41, 5.74) is 1.30. The molecule has 1 saturated heterocycles. The lowest BCUT2D eigenvalue weighted by Gasteiger charge is -2.37. The first kappa shape index (κ1) is 25.8. The van der Waals surface area contributed by atoms with Crippen LogP contribution in [0.25, 0.3) is 5.69 Å². The number of hydrogen-bond donors (Lipinski definition) is 2. The van der Waals surface area contributed by atoms with Gasteiger partial charge in [-0.15, -0.1) is 0 Å². The number of halogens is 1. The van der Waals surface area contributed by atoms with Crippen LogP contribution in [0.15, 0.2) is 23.1 Å². The molecule has 0 bridgehead atoms. The second-order valence-electron chi connectivity index (χ2n) is 11.0. The average molecular weight is 521 g/mol. The van der Waals surface area contributed by atoms with Crippen molar-refractivity contribution >= 4 is 17.5 Å². The van der Waals surface area contributed by atoms with E-state index in [0.717, 1.165) is 42.5 Å². The summed E-state index contributed by atoms with van der Waals surface area (Å²) < 4.78 is 17.5. The van der Waals surface area contributed by atoms with Gasteiger partial charge in [-0.05, 0) is 93.5 Å². The van der Waals surface area contributed by atoms with Crippen molar-refractivity contribution in [1.82, 2.24) is 34.7 Å². The summed E-state index contributed by atoms with van der Waals surface area (Å²) in [6.07, 6.45) is 6.52. The molecule has 1 saturated carbocycles. The summed E-state index contributed by atoms with van der Waals surface area (Å²) in [6.45, 7) is 8.44. The molecule has 200 valence electrons. The van der Waals surface area contributed by atoms with Gasteiger partial charge in [0.1, 0.15) is 23.3 Å². The summed E-state index contributed by atoms with van der Waals surface area (Å²) in [6, 6.07) is 5.56. The van der Waals surface area contributed by atoms with Crippen LogP contribution in [0, 0.1) is 17.1 Å². The minimum atomic E-state index is -0.487. The Balaban J connectivity index is 1.36. The first-order valence-corrected chi connectivity index (χ1v) is 13.0. The molecular weight excluding hydrogens is 487 g/mol. The van der Waals surface area contributed by atoms with Crippen LogP contribution in [-0.4, -0.2) is 59.3 Å². The molecule has 1 aliphatic heterocycles. The highest BCUT2D eigenvalue weighted by molar-refractivity contribution is 5.63. The van der Waals surface area contributed by atoms with Crippen LogP contribution in [0.5, 0.6) is 0 Å². The molecule has 2 fully saturated rings. The van der Waals surface area contributed by atoms with Crippen molar-refractivity contribution in [3.05, 3.63) is 45.8 Å². The van der Waals surface area contributed by atoms with Gasteiger partial charge in [-0.3, -0.25) is 4.90 Å². The number of nitriles is 1. The molecule has 0 amide bonds. The third-order valence-corrected chi connectivity index (χ3v) is 7.25. The van der Waals surface area contributed by atoms with Crippen molar-refractivity contribution in [3.63, 3.8) is 0 Å². The van der Waals surface area contributed by atoms with Gasteiger partial charge in [0.15, 0.2) is 0 Å². The van der Waals surface area contributed by atoms with Gasteiger partial charge in [0.25, 0.3) is 0 Å². The van der Waals surface area contributed by atoms with Gasteiger partial charge in [0.2, 0.25) is 5.95 Å². The monoisotopic (exact) mass is 520 g/mol. The second kappa shape index (κ2) is 10.1. The number of benzene rings is 1. The molecule has 0 spiro atoms. The summed E-state index contributed by atoms with van der Waals surface area (Å²) in [5, 5.41) is 23.5. The van der Waals surface area contributed by atoms with E-state index in [1.54, 1.807) is 0 Å². The second-order valence-corrected chi connectivity index (χ2v) is 11.0. The van der Waals surface area contributed by atoms with Crippen LogP contribution in [-0.2, 0) is 7.05 Å². The number of nitrogens with one attached hydrogen (secondary N) is 2. The Labute approximate surface area is 220 Å². The van der Waals surface area contributed by atoms with Crippen molar-refractivity contribution in [2.75, 3.05) is 23.7 Å². The topological polar surface area (TPSA) is 130 Å². The van der Waals surface area contributed by atoms with Gasteiger partial charge in [0, 0.05) is 25.2 Å². The minimum Gasteiger partial charge on any atom is -0.369 e. The fraction of sp³-hybridized carbons (Fsp3) is 0.538. The van der Waals surface area contributed by atoms with E-state index in [-0.39, 0.29) is 23.1 Å². The summed E-state index contributed by atoms with van der Waals surface area (Å²) in [4.78, 5) is 23.7. The molecule has 1 aromatic carbocycles. The third-order valence-electron chi connectivity index (χ3n) is 7.25. The maximum absolute atomic E-state index is 15.2. The lowest BCUT2D eigenvalue weighted by atomic mass is 10.0. The lowest BCUT2D eigenvalue weighted by Crippen LogP contribution is -2.45. The molecule has 38 heavy (non-hydrogen) atoms. The van der Waals surface area contributed by atoms with E-state index in [1.165, 1.54) is 36.5 Å². The average Bonchev–Trinajstić information content (AvgIpc) is 3.52. The Morgan fingerprint density at radius 3 is 2.66 bits per heavy atom. The molecule has 11 nitrogen and oxygen atoms in total. The zero-order chi connectivity index (χ0) is 27.0. The molecular formula is C26H33FN10O. The number of tetrazole rings is 1. The fourth-order valence-corrected chi connectivity index (χ4v) is 5.20. The van der Waals surface area contributed by atoms with Gasteiger partial charge < -0.3 is 10.6 Å². The van der Waals surface area contributed by atoms with Crippen LogP contribution < -0.4 is 16.3 Å². The van der Waals surface area contributed by atoms with Crippen LogP contribution >= 0.6 is 0 Å². The van der Waals surface area contributed by atoms with Crippen LogP contribution in [0.3, 0.4) is 0 Å². The van der Waals surface area contributed by atoms with Crippen molar-refractivity contribution in [2.45, 2.75) is 70.4 Å². The Bertz CT molecular complexity index is 1430. The standard InChI is InChI=1S/C26H33FN10O/c1-26(2,3)36-11-5-6-18(36)9-10-29-23-17(14-28)15-30-24(32-23)31-21-13-22(37-25(38)35(4)33-34-37)19(12-20(21)27)16-7-8-16/h12-13,15-16,18H,5-11H2,1-4H3,(H2,29,30,31,32)/t18-/m0/s1. The van der Waals surface area contributed by atoms with Gasteiger partial charge in [-0.25, -0.2) is 14.2 Å². The van der Waals surface area contributed by atoms with Crippen molar-refractivity contribution in [3.8, 4) is 11.8 Å². The van der Waals surface area contributed by atoms with E-state index in [2.05, 4.69) is 62.8 Å². The Morgan fingerprint density at radius 2 is 2.00 bits per heavy atom. The molecule has 1 atom stereocenters. The quantitative estimate of drug-likeness (QED) is 0.459. The van der Waals surface area contributed by atoms with E-state index in [9.17, 15) is 10.1 Å². The Kier molecular flexibility index (Phi) is 6.88. The molecule has 3 heterocycles. The highest BCUT2D eigenvalue weighted by atomic mass is 19.1. The smallest absolute Gasteiger partial charge is 0.368 e. The van der Waals surface area contributed by atoms with Crippen LogP contribution in [0.4, 0.5) is 21.8 Å². The number of likely N-dealkylation sites (tertiary alicyclic amines) is 1. The summed E-state index contributed by atoms with van der Waals surface area (Å²) >= 11 is 0. The van der Waals surface area contributed by atoms with Gasteiger partial charge in [-0.2, -0.15) is 19.6 Å². The molecule has 0 radical (unpaired) electrons. The molecule has 3 aromatic rings. The maximum Gasteiger partial charge on any atom is 0.368 e. The van der Waals surface area contributed by atoms with Gasteiger partial charge >= 0.3 is 5.69 Å². The minimum absolute atomic E-state index is 0.101. The van der Waals surface area contributed by atoms with Crippen LogP contribution in [0.2, 0.25) is 0 Å². The fourth-order valence-electron chi connectivity index (χ4n) is 5.20. The Morgan fingerprint density at radius 1 is 1.21 bits per heavy atom. The highest BCUT2D eigenvalue weighted by Crippen LogP contribution is 2.44. The largest absolute Gasteiger partial charge is 0.369 e. The first-order chi connectivity index (χ1) is 18.2. The lowest BCUT2D eigenvalue weighted by molar-refractivity contribution is 0.118. The molecule has 0 unspecified atom stereocenters. The molecule has 12 heteroatoms. The van der Waals surface area contributed by atoms with E-state index < -0.39 is 11.5 Å². The first-order valence-electron chi connectivity index (χ1n) is 13.0. The van der Waals surface area contributed by atoms with Crippen molar-refractivity contribution in [1.29, 1.82) is 5.26 Å². The zero-order valence-corrected chi connectivity index (χ0v) is 22.2. The van der Waals surface area contributed by atoms with E-state index in [1.807, 2.05) is 0 Å². The summed E-state index contributed by atoms with van der Waals surface area (Å²) in [7, 11) is 1.51. The number of aryl methyl sites for hydroxylation is 1. The molecule has 2 N–H and O–H groups in total. The molecule has 2 aromatic heterocycles. The predicted molar refractivity (Wildman–Crippen MR) is 141 cm³/mol. The number of hydrogen-bond acceptors (Lipinski definition) is 9. The Hall–Kier alpha value is -3.85. The van der Waals surface area contributed by atoms with Crippen molar-refractivity contribution in [2.24, 2.45) is 7.05 Å². The van der Waals surface area contributed by atoms with E-state index in [0.29, 0.717) is 29.7 Å². The normalized spacial score (nSPS) is 17.9. The predicted octanol–water partition coefficient (Wildman–Crippen LogP) is 3.45. The maximum atomic E-state index is 15.2. The highest BCUT2D eigenvalue weighted by Gasteiger charge is 2.32. The number of aromatic nitrogens is 6.